The van der Waals surface area contributed by atoms with Crippen LogP contribution in [0.2, 0.25) is 0 Å². The molecular formula is C13H14N2O4S2. The Bertz CT molecular complexity index is 753. The van der Waals surface area contributed by atoms with E-state index in [0.29, 0.717) is 12.2 Å². The summed E-state index contributed by atoms with van der Waals surface area (Å²) in [5.74, 6) is 0.0234. The van der Waals surface area contributed by atoms with Crippen molar-refractivity contribution in [2.75, 3.05) is 11.1 Å². The molecule has 0 radical (unpaired) electrons. The lowest BCUT2D eigenvalue weighted by molar-refractivity contribution is -0.380. The molecule has 0 aliphatic carbocycles. The minimum Gasteiger partial charge on any atom is -0.380 e. The van der Waals surface area contributed by atoms with Gasteiger partial charge in [0.05, 0.1) is 21.3 Å². The number of hydrogen-bond acceptors (Lipinski definition) is 6. The van der Waals surface area contributed by atoms with Gasteiger partial charge in [-0.1, -0.05) is 30.4 Å². The van der Waals surface area contributed by atoms with E-state index in [4.69, 9.17) is 0 Å². The molecule has 0 saturated heterocycles. The van der Waals surface area contributed by atoms with Gasteiger partial charge in [0.1, 0.15) is 0 Å². The molecule has 112 valence electrons. The summed E-state index contributed by atoms with van der Waals surface area (Å²) in [5.41, 5.74) is 1.25. The molecule has 21 heavy (non-hydrogen) atoms. The van der Waals surface area contributed by atoms with Gasteiger partial charge in [-0.3, -0.25) is 10.1 Å². The number of rotatable bonds is 6. The maximum absolute atomic E-state index is 12.0. The van der Waals surface area contributed by atoms with Gasteiger partial charge in [0.15, 0.2) is 9.84 Å². The summed E-state index contributed by atoms with van der Waals surface area (Å²) in [5, 5.41) is 15.4. The molecule has 1 N–H and O–H groups in total. The molecule has 1 heterocycles. The largest absolute Gasteiger partial charge is 0.380 e. The standard InChI is InChI=1S/C13H14N2O4S2/c1-2-21(18,19)12-6-4-3-5-11(12)14-8-10-7-13(15(16)17)20-9-10/h3-7,9,14H,2,8H2,1H3. The van der Waals surface area contributed by atoms with Crippen LogP contribution in [0.15, 0.2) is 40.6 Å². The minimum absolute atomic E-state index is 0.0234. The average molecular weight is 326 g/mol. The number of benzene rings is 1. The van der Waals surface area contributed by atoms with Crippen LogP contribution in [0, 0.1) is 10.1 Å². The zero-order valence-corrected chi connectivity index (χ0v) is 12.9. The van der Waals surface area contributed by atoms with Crippen molar-refractivity contribution in [3.05, 3.63) is 51.4 Å². The number of nitrogens with zero attached hydrogens (tertiary/aromatic N) is 1. The van der Waals surface area contributed by atoms with Gasteiger partial charge < -0.3 is 5.32 Å². The van der Waals surface area contributed by atoms with Crippen LogP contribution in [0.5, 0.6) is 0 Å². The second-order valence-corrected chi connectivity index (χ2v) is 7.44. The minimum atomic E-state index is -3.31. The molecular weight excluding hydrogens is 312 g/mol. The summed E-state index contributed by atoms with van der Waals surface area (Å²) >= 11 is 1.05. The summed E-state index contributed by atoms with van der Waals surface area (Å²) in [7, 11) is -3.31. The number of sulfone groups is 1. The third-order valence-corrected chi connectivity index (χ3v) is 5.62. The molecule has 2 aromatic rings. The molecule has 0 amide bonds. The van der Waals surface area contributed by atoms with E-state index in [2.05, 4.69) is 5.32 Å². The van der Waals surface area contributed by atoms with Crippen LogP contribution in [0.25, 0.3) is 0 Å². The maximum atomic E-state index is 12.0. The molecule has 0 aliphatic rings. The van der Waals surface area contributed by atoms with E-state index < -0.39 is 14.8 Å². The lowest BCUT2D eigenvalue weighted by Gasteiger charge is -2.10. The van der Waals surface area contributed by atoms with Crippen LogP contribution in [-0.2, 0) is 16.4 Å². The summed E-state index contributed by atoms with van der Waals surface area (Å²) in [6, 6.07) is 8.13. The van der Waals surface area contributed by atoms with E-state index in [9.17, 15) is 18.5 Å². The van der Waals surface area contributed by atoms with E-state index in [1.54, 1.807) is 36.6 Å². The fourth-order valence-corrected chi connectivity index (χ4v) is 3.59. The van der Waals surface area contributed by atoms with Gasteiger partial charge in [-0.2, -0.15) is 0 Å². The van der Waals surface area contributed by atoms with Crippen LogP contribution < -0.4 is 5.32 Å². The fraction of sp³-hybridized carbons (Fsp3) is 0.231. The lowest BCUT2D eigenvalue weighted by atomic mass is 10.3. The number of nitro groups is 1. The number of para-hydroxylation sites is 1. The van der Waals surface area contributed by atoms with Gasteiger partial charge >= 0.3 is 5.00 Å². The molecule has 2 rings (SSSR count). The fourth-order valence-electron chi connectivity index (χ4n) is 1.79. The van der Waals surface area contributed by atoms with Crippen LogP contribution in [0.3, 0.4) is 0 Å². The van der Waals surface area contributed by atoms with E-state index in [1.807, 2.05) is 0 Å². The monoisotopic (exact) mass is 326 g/mol. The summed E-state index contributed by atoms with van der Waals surface area (Å²) in [6.45, 7) is 1.93. The quantitative estimate of drug-likeness (QED) is 0.651. The molecule has 0 atom stereocenters. The molecule has 0 unspecified atom stereocenters. The second kappa shape index (κ2) is 6.23. The molecule has 0 bridgehead atoms. The number of nitrogens with one attached hydrogen (secondary N) is 1. The topological polar surface area (TPSA) is 89.3 Å². The van der Waals surface area contributed by atoms with Crippen molar-refractivity contribution >= 4 is 31.9 Å². The van der Waals surface area contributed by atoms with E-state index in [1.165, 1.54) is 6.07 Å². The number of thiophene rings is 1. The SMILES string of the molecule is CCS(=O)(=O)c1ccccc1NCc1csc([N+](=O)[O-])c1. The molecule has 0 spiro atoms. The van der Waals surface area contributed by atoms with Crippen molar-refractivity contribution in [1.82, 2.24) is 0 Å². The second-order valence-electron chi connectivity index (χ2n) is 4.30. The normalized spacial score (nSPS) is 11.3. The molecule has 0 saturated carbocycles. The highest BCUT2D eigenvalue weighted by Gasteiger charge is 2.16. The van der Waals surface area contributed by atoms with Gasteiger partial charge in [0.25, 0.3) is 0 Å². The smallest absolute Gasteiger partial charge is 0.324 e. The highest BCUT2D eigenvalue weighted by Crippen LogP contribution is 2.25. The van der Waals surface area contributed by atoms with Crippen molar-refractivity contribution in [3.63, 3.8) is 0 Å². The maximum Gasteiger partial charge on any atom is 0.324 e. The van der Waals surface area contributed by atoms with Crippen molar-refractivity contribution in [2.24, 2.45) is 0 Å². The first-order chi connectivity index (χ1) is 9.94. The van der Waals surface area contributed by atoms with Gasteiger partial charge in [0.2, 0.25) is 0 Å². The van der Waals surface area contributed by atoms with Crippen LogP contribution in [-0.4, -0.2) is 19.1 Å². The Labute approximate surface area is 126 Å². The molecule has 0 aliphatic heterocycles. The third-order valence-electron chi connectivity index (χ3n) is 2.90. The lowest BCUT2D eigenvalue weighted by Crippen LogP contribution is -2.08. The zero-order chi connectivity index (χ0) is 15.5. The molecule has 1 aromatic heterocycles. The van der Waals surface area contributed by atoms with Gasteiger partial charge in [-0.15, -0.1) is 0 Å². The zero-order valence-electron chi connectivity index (χ0n) is 11.3. The molecule has 1 aromatic carbocycles. The Morgan fingerprint density at radius 2 is 2.05 bits per heavy atom. The van der Waals surface area contributed by atoms with E-state index in [-0.39, 0.29) is 15.6 Å². The molecule has 6 nitrogen and oxygen atoms in total. The van der Waals surface area contributed by atoms with Gasteiger partial charge in [-0.25, -0.2) is 8.42 Å². The van der Waals surface area contributed by atoms with Crippen LogP contribution in [0.4, 0.5) is 10.7 Å². The Balaban J connectivity index is 2.18. The number of anilines is 1. The van der Waals surface area contributed by atoms with Crippen LogP contribution in [0.1, 0.15) is 12.5 Å². The van der Waals surface area contributed by atoms with E-state index in [0.717, 1.165) is 16.9 Å². The number of hydrogen-bond donors (Lipinski definition) is 1. The average Bonchev–Trinajstić information content (AvgIpc) is 2.94. The first kappa shape index (κ1) is 15.5. The highest BCUT2D eigenvalue weighted by molar-refractivity contribution is 7.91. The van der Waals surface area contributed by atoms with Crippen molar-refractivity contribution in [3.8, 4) is 0 Å². The van der Waals surface area contributed by atoms with E-state index >= 15 is 0 Å². The highest BCUT2D eigenvalue weighted by atomic mass is 32.2. The Morgan fingerprint density at radius 1 is 1.33 bits per heavy atom. The Kier molecular flexibility index (Phi) is 4.59. The van der Waals surface area contributed by atoms with Crippen molar-refractivity contribution < 1.29 is 13.3 Å². The van der Waals surface area contributed by atoms with Crippen LogP contribution >= 0.6 is 11.3 Å². The van der Waals surface area contributed by atoms with Gasteiger partial charge in [-0.05, 0) is 17.7 Å². The van der Waals surface area contributed by atoms with Crippen molar-refractivity contribution in [1.29, 1.82) is 0 Å². The summed E-state index contributed by atoms with van der Waals surface area (Å²) in [6.07, 6.45) is 0. The van der Waals surface area contributed by atoms with Gasteiger partial charge in [0, 0.05) is 18.0 Å². The molecule has 0 fully saturated rings. The third kappa shape index (κ3) is 3.59. The Morgan fingerprint density at radius 3 is 2.67 bits per heavy atom. The predicted octanol–water partition coefficient (Wildman–Crippen LogP) is 3.06. The molecule has 8 heteroatoms. The van der Waals surface area contributed by atoms with Crippen molar-refractivity contribution in [2.45, 2.75) is 18.4 Å². The first-order valence-electron chi connectivity index (χ1n) is 6.21. The summed E-state index contributed by atoms with van der Waals surface area (Å²) in [4.78, 5) is 10.4. The predicted molar refractivity (Wildman–Crippen MR) is 82.5 cm³/mol. The summed E-state index contributed by atoms with van der Waals surface area (Å²) < 4.78 is 24.0. The first-order valence-corrected chi connectivity index (χ1v) is 8.74. The Hall–Kier alpha value is -1.93.